The first kappa shape index (κ1) is 18.3. The Morgan fingerprint density at radius 1 is 1.15 bits per heavy atom. The highest BCUT2D eigenvalue weighted by molar-refractivity contribution is 6.37. The van der Waals surface area contributed by atoms with E-state index in [2.05, 4.69) is 0 Å². The van der Waals surface area contributed by atoms with E-state index < -0.39 is 0 Å². The second kappa shape index (κ2) is 6.54. The Morgan fingerprint density at radius 2 is 1.93 bits per heavy atom. The van der Waals surface area contributed by atoms with Crippen LogP contribution in [0.15, 0.2) is 52.3 Å². The van der Waals surface area contributed by atoms with Crippen LogP contribution in [0.25, 0.3) is 0 Å². The van der Waals surface area contributed by atoms with Crippen LogP contribution in [0, 0.1) is 5.41 Å². The average Bonchev–Trinajstić information content (AvgIpc) is 3.08. The minimum absolute atomic E-state index is 0.0604. The number of halogens is 2. The van der Waals surface area contributed by atoms with Crippen molar-refractivity contribution < 1.29 is 14.0 Å². The topological polar surface area (TPSA) is 50.5 Å². The van der Waals surface area contributed by atoms with Crippen molar-refractivity contribution in [1.82, 2.24) is 0 Å². The van der Waals surface area contributed by atoms with Gasteiger partial charge >= 0.3 is 0 Å². The number of allylic oxidation sites excluding steroid dienone is 2. The van der Waals surface area contributed by atoms with E-state index >= 15 is 0 Å². The first-order valence-electron chi connectivity index (χ1n) is 8.84. The zero-order valence-corrected chi connectivity index (χ0v) is 16.6. The molecule has 0 saturated carbocycles. The van der Waals surface area contributed by atoms with E-state index in [1.165, 1.54) is 0 Å². The number of nitrogens with zero attached hydrogens (tertiary/aromatic N) is 1. The molecule has 1 atom stereocenters. The van der Waals surface area contributed by atoms with Gasteiger partial charge in [0.25, 0.3) is 0 Å². The van der Waals surface area contributed by atoms with Crippen molar-refractivity contribution in [2.45, 2.75) is 39.0 Å². The number of carbonyl (C=O) groups excluding carboxylic acids is 2. The van der Waals surface area contributed by atoms with Crippen LogP contribution in [0.1, 0.15) is 44.8 Å². The third-order valence-electron chi connectivity index (χ3n) is 5.18. The number of hydrogen-bond acceptors (Lipinski definition) is 3. The molecule has 1 aromatic heterocycles. The van der Waals surface area contributed by atoms with Gasteiger partial charge in [0.05, 0.1) is 22.9 Å². The molecule has 0 N–H and O–H groups in total. The first-order chi connectivity index (χ1) is 12.8. The van der Waals surface area contributed by atoms with E-state index in [0.29, 0.717) is 39.9 Å². The van der Waals surface area contributed by atoms with Gasteiger partial charge < -0.3 is 4.42 Å². The van der Waals surface area contributed by atoms with Crippen LogP contribution in [0.3, 0.4) is 0 Å². The summed E-state index contributed by atoms with van der Waals surface area (Å²) in [6.45, 7) is 4.08. The van der Waals surface area contributed by atoms with Gasteiger partial charge in [0.2, 0.25) is 5.91 Å². The molecule has 4 nitrogen and oxygen atoms in total. The summed E-state index contributed by atoms with van der Waals surface area (Å²) < 4.78 is 5.55. The van der Waals surface area contributed by atoms with Crippen LogP contribution in [0.5, 0.6) is 0 Å². The standard InChI is InChI=1S/C21H19Cl2NO3/c1-21(2)10-16-20(17(25)11-21)13(18-4-3-7-27-18)9-19(26)24(16)15-6-5-12(22)8-14(15)23/h3-8,13H,9-11H2,1-2H3. The highest BCUT2D eigenvalue weighted by atomic mass is 35.5. The number of ketones is 1. The van der Waals surface area contributed by atoms with Gasteiger partial charge in [-0.15, -0.1) is 0 Å². The molecule has 4 rings (SSSR count). The van der Waals surface area contributed by atoms with Gasteiger partial charge in [0.1, 0.15) is 5.76 Å². The summed E-state index contributed by atoms with van der Waals surface area (Å²) in [7, 11) is 0. The van der Waals surface area contributed by atoms with Gasteiger partial charge in [-0.3, -0.25) is 14.5 Å². The average molecular weight is 404 g/mol. The van der Waals surface area contributed by atoms with E-state index in [-0.39, 0.29) is 29.4 Å². The summed E-state index contributed by atoms with van der Waals surface area (Å²) in [5, 5.41) is 0.880. The number of amides is 1. The Hall–Kier alpha value is -2.04. The summed E-state index contributed by atoms with van der Waals surface area (Å²) in [5.74, 6) is 0.245. The van der Waals surface area contributed by atoms with Crippen LogP contribution in [-0.2, 0) is 9.59 Å². The van der Waals surface area contributed by atoms with E-state index in [4.69, 9.17) is 27.6 Å². The van der Waals surface area contributed by atoms with Crippen molar-refractivity contribution in [2.24, 2.45) is 5.41 Å². The monoisotopic (exact) mass is 403 g/mol. The number of rotatable bonds is 2. The molecule has 1 aliphatic heterocycles. The molecule has 1 aromatic carbocycles. The number of benzene rings is 1. The highest BCUT2D eigenvalue weighted by Crippen LogP contribution is 2.49. The van der Waals surface area contributed by atoms with Crippen LogP contribution < -0.4 is 4.90 Å². The maximum absolute atomic E-state index is 13.2. The fraction of sp³-hybridized carbons (Fsp3) is 0.333. The molecule has 0 radical (unpaired) electrons. The molecule has 1 aliphatic carbocycles. The minimum atomic E-state index is -0.353. The zero-order chi connectivity index (χ0) is 19.3. The Bertz CT molecular complexity index is 960. The third-order valence-corrected chi connectivity index (χ3v) is 5.72. The lowest BCUT2D eigenvalue weighted by molar-refractivity contribution is -0.121. The molecule has 1 unspecified atom stereocenters. The van der Waals surface area contributed by atoms with Gasteiger partial charge in [-0.1, -0.05) is 37.0 Å². The van der Waals surface area contributed by atoms with E-state index in [9.17, 15) is 9.59 Å². The van der Waals surface area contributed by atoms with Crippen molar-refractivity contribution in [2.75, 3.05) is 4.90 Å². The molecule has 0 saturated heterocycles. The van der Waals surface area contributed by atoms with Crippen molar-refractivity contribution >= 4 is 40.6 Å². The lowest BCUT2D eigenvalue weighted by Crippen LogP contribution is -2.43. The van der Waals surface area contributed by atoms with E-state index in [1.54, 1.807) is 35.4 Å². The van der Waals surface area contributed by atoms with Crippen molar-refractivity contribution in [3.05, 3.63) is 63.7 Å². The third kappa shape index (κ3) is 3.21. The molecule has 0 fully saturated rings. The van der Waals surface area contributed by atoms with Crippen LogP contribution in [-0.4, -0.2) is 11.7 Å². The number of anilines is 1. The fourth-order valence-electron chi connectivity index (χ4n) is 4.09. The van der Waals surface area contributed by atoms with E-state index in [1.807, 2.05) is 19.9 Å². The number of furan rings is 1. The van der Waals surface area contributed by atoms with Gasteiger partial charge in [0, 0.05) is 29.1 Å². The van der Waals surface area contributed by atoms with Gasteiger partial charge in [-0.05, 0) is 42.2 Å². The molecule has 0 bridgehead atoms. The second-order valence-corrected chi connectivity index (χ2v) is 8.74. The highest BCUT2D eigenvalue weighted by Gasteiger charge is 2.45. The molecule has 0 spiro atoms. The van der Waals surface area contributed by atoms with Gasteiger partial charge in [-0.25, -0.2) is 0 Å². The number of hydrogen-bond donors (Lipinski definition) is 0. The molecule has 6 heteroatoms. The molecular weight excluding hydrogens is 385 g/mol. The smallest absolute Gasteiger partial charge is 0.232 e. The van der Waals surface area contributed by atoms with Crippen LogP contribution in [0.4, 0.5) is 5.69 Å². The Balaban J connectivity index is 1.92. The quantitative estimate of drug-likeness (QED) is 0.641. The zero-order valence-electron chi connectivity index (χ0n) is 15.1. The van der Waals surface area contributed by atoms with Crippen LogP contribution in [0.2, 0.25) is 10.0 Å². The molecule has 1 amide bonds. The van der Waals surface area contributed by atoms with E-state index in [0.717, 1.165) is 5.70 Å². The lowest BCUT2D eigenvalue weighted by atomic mass is 9.70. The maximum atomic E-state index is 13.2. The first-order valence-corrected chi connectivity index (χ1v) is 9.60. The second-order valence-electron chi connectivity index (χ2n) is 7.90. The predicted molar refractivity (Wildman–Crippen MR) is 105 cm³/mol. The minimum Gasteiger partial charge on any atom is -0.469 e. The van der Waals surface area contributed by atoms with Crippen LogP contribution >= 0.6 is 23.2 Å². The summed E-state index contributed by atoms with van der Waals surface area (Å²) in [4.78, 5) is 27.8. The molecule has 2 aromatic rings. The predicted octanol–water partition coefficient (Wildman–Crippen LogP) is 5.75. The van der Waals surface area contributed by atoms with Crippen molar-refractivity contribution in [1.29, 1.82) is 0 Å². The molecule has 27 heavy (non-hydrogen) atoms. The normalized spacial score (nSPS) is 22.2. The van der Waals surface area contributed by atoms with Gasteiger partial charge in [0.15, 0.2) is 5.78 Å². The number of Topliss-reactive ketones (excluding diaryl/α,β-unsaturated/α-hetero) is 1. The Kier molecular flexibility index (Phi) is 4.44. The SMILES string of the molecule is CC1(C)CC(=O)C2=C(C1)N(c1ccc(Cl)cc1Cl)C(=O)CC2c1ccco1. The molecule has 2 aliphatic rings. The van der Waals surface area contributed by atoms with Crippen molar-refractivity contribution in [3.8, 4) is 0 Å². The van der Waals surface area contributed by atoms with Crippen molar-refractivity contribution in [3.63, 3.8) is 0 Å². The summed E-state index contributed by atoms with van der Waals surface area (Å²) in [6, 6.07) is 8.64. The lowest BCUT2D eigenvalue weighted by Gasteiger charge is -2.42. The fourth-order valence-corrected chi connectivity index (χ4v) is 4.58. The molecular formula is C21H19Cl2NO3. The largest absolute Gasteiger partial charge is 0.469 e. The maximum Gasteiger partial charge on any atom is 0.232 e. The number of carbonyl (C=O) groups is 2. The Labute approximate surface area is 167 Å². The summed E-state index contributed by atoms with van der Waals surface area (Å²) in [5.41, 5.74) is 1.70. The Morgan fingerprint density at radius 3 is 2.59 bits per heavy atom. The molecule has 140 valence electrons. The molecule has 2 heterocycles. The summed E-state index contributed by atoms with van der Waals surface area (Å²) in [6.07, 6.45) is 2.78. The summed E-state index contributed by atoms with van der Waals surface area (Å²) >= 11 is 12.4. The van der Waals surface area contributed by atoms with Gasteiger partial charge in [-0.2, -0.15) is 0 Å².